The molecule has 1 aliphatic carbocycles. The zero-order chi connectivity index (χ0) is 17.5. The Morgan fingerprint density at radius 2 is 1.80 bits per heavy atom. The van der Waals surface area contributed by atoms with E-state index in [1.807, 2.05) is 12.1 Å². The SMILES string of the molecule is COc1cccc(CNC2CCCCC2)c1OCc1ccc(F)cc1. The molecule has 0 bridgehead atoms. The van der Waals surface area contributed by atoms with E-state index in [1.165, 1.54) is 44.2 Å². The van der Waals surface area contributed by atoms with Crippen molar-refractivity contribution < 1.29 is 13.9 Å². The van der Waals surface area contributed by atoms with Crippen molar-refractivity contribution in [1.82, 2.24) is 5.32 Å². The molecule has 0 radical (unpaired) electrons. The number of rotatable bonds is 7. The van der Waals surface area contributed by atoms with Gasteiger partial charge in [-0.2, -0.15) is 0 Å². The first-order chi connectivity index (χ1) is 12.3. The van der Waals surface area contributed by atoms with Crippen LogP contribution in [0, 0.1) is 5.82 Å². The molecule has 0 unspecified atom stereocenters. The van der Waals surface area contributed by atoms with Gasteiger partial charge in [-0.3, -0.25) is 0 Å². The fourth-order valence-electron chi connectivity index (χ4n) is 3.32. The van der Waals surface area contributed by atoms with Crippen molar-refractivity contribution in [2.45, 2.75) is 51.3 Å². The summed E-state index contributed by atoms with van der Waals surface area (Å²) in [5.74, 6) is 1.25. The highest BCUT2D eigenvalue weighted by Gasteiger charge is 2.15. The predicted octanol–water partition coefficient (Wildman–Crippen LogP) is 4.84. The zero-order valence-corrected chi connectivity index (χ0v) is 14.8. The molecule has 0 aromatic heterocycles. The van der Waals surface area contributed by atoms with Gasteiger partial charge in [-0.15, -0.1) is 0 Å². The number of halogens is 1. The summed E-state index contributed by atoms with van der Waals surface area (Å²) in [5.41, 5.74) is 2.02. The highest BCUT2D eigenvalue weighted by atomic mass is 19.1. The number of para-hydroxylation sites is 1. The smallest absolute Gasteiger partial charge is 0.166 e. The van der Waals surface area contributed by atoms with Gasteiger partial charge >= 0.3 is 0 Å². The maximum absolute atomic E-state index is 13.0. The molecule has 0 saturated heterocycles. The monoisotopic (exact) mass is 343 g/mol. The Hall–Kier alpha value is -2.07. The average Bonchev–Trinajstić information content (AvgIpc) is 2.67. The molecule has 1 N–H and O–H groups in total. The lowest BCUT2D eigenvalue weighted by Crippen LogP contribution is -2.30. The van der Waals surface area contributed by atoms with Crippen LogP contribution in [-0.2, 0) is 13.2 Å². The number of nitrogens with one attached hydrogen (secondary N) is 1. The van der Waals surface area contributed by atoms with E-state index < -0.39 is 0 Å². The van der Waals surface area contributed by atoms with E-state index in [-0.39, 0.29) is 5.82 Å². The molecule has 3 nitrogen and oxygen atoms in total. The summed E-state index contributed by atoms with van der Waals surface area (Å²) in [6, 6.07) is 12.9. The van der Waals surface area contributed by atoms with Gasteiger partial charge in [0, 0.05) is 18.2 Å². The molecule has 2 aromatic rings. The topological polar surface area (TPSA) is 30.5 Å². The fourth-order valence-corrected chi connectivity index (χ4v) is 3.32. The fraction of sp³-hybridized carbons (Fsp3) is 0.429. The summed E-state index contributed by atoms with van der Waals surface area (Å²) in [4.78, 5) is 0. The van der Waals surface area contributed by atoms with Crippen LogP contribution in [0.4, 0.5) is 4.39 Å². The van der Waals surface area contributed by atoms with Gasteiger partial charge in [0.05, 0.1) is 7.11 Å². The van der Waals surface area contributed by atoms with Crippen LogP contribution in [0.1, 0.15) is 43.2 Å². The molecular weight excluding hydrogens is 317 g/mol. The predicted molar refractivity (Wildman–Crippen MR) is 97.4 cm³/mol. The molecule has 0 amide bonds. The zero-order valence-electron chi connectivity index (χ0n) is 14.8. The third-order valence-corrected chi connectivity index (χ3v) is 4.76. The van der Waals surface area contributed by atoms with Crippen LogP contribution in [-0.4, -0.2) is 13.2 Å². The highest BCUT2D eigenvalue weighted by Crippen LogP contribution is 2.32. The van der Waals surface area contributed by atoms with Gasteiger partial charge in [0.2, 0.25) is 0 Å². The third-order valence-electron chi connectivity index (χ3n) is 4.76. The van der Waals surface area contributed by atoms with E-state index in [1.54, 1.807) is 19.2 Å². The second kappa shape index (κ2) is 8.86. The van der Waals surface area contributed by atoms with E-state index in [2.05, 4.69) is 11.4 Å². The van der Waals surface area contributed by atoms with Gasteiger partial charge in [-0.25, -0.2) is 4.39 Å². The molecule has 1 fully saturated rings. The van der Waals surface area contributed by atoms with E-state index >= 15 is 0 Å². The molecule has 0 aliphatic heterocycles. The Morgan fingerprint density at radius 1 is 1.04 bits per heavy atom. The molecular formula is C21H26FNO2. The second-order valence-corrected chi connectivity index (χ2v) is 6.58. The van der Waals surface area contributed by atoms with E-state index in [9.17, 15) is 4.39 Å². The van der Waals surface area contributed by atoms with Gasteiger partial charge in [-0.1, -0.05) is 43.5 Å². The lowest BCUT2D eigenvalue weighted by molar-refractivity contribution is 0.279. The van der Waals surface area contributed by atoms with E-state index in [4.69, 9.17) is 9.47 Å². The molecule has 1 aliphatic rings. The Morgan fingerprint density at radius 3 is 2.52 bits per heavy atom. The van der Waals surface area contributed by atoms with Crippen molar-refractivity contribution in [2.24, 2.45) is 0 Å². The van der Waals surface area contributed by atoms with E-state index in [0.29, 0.717) is 12.6 Å². The largest absolute Gasteiger partial charge is 0.493 e. The summed E-state index contributed by atoms with van der Waals surface area (Å²) >= 11 is 0. The van der Waals surface area contributed by atoms with Crippen LogP contribution in [0.25, 0.3) is 0 Å². The van der Waals surface area contributed by atoms with Crippen molar-refractivity contribution in [3.05, 3.63) is 59.4 Å². The number of ether oxygens (including phenoxy) is 2. The summed E-state index contributed by atoms with van der Waals surface area (Å²) in [6.45, 7) is 1.15. The highest BCUT2D eigenvalue weighted by molar-refractivity contribution is 5.46. The Balaban J connectivity index is 1.68. The van der Waals surface area contributed by atoms with Crippen LogP contribution < -0.4 is 14.8 Å². The lowest BCUT2D eigenvalue weighted by Gasteiger charge is -2.24. The first-order valence-corrected chi connectivity index (χ1v) is 9.03. The Kier molecular flexibility index (Phi) is 6.29. The van der Waals surface area contributed by atoms with Crippen molar-refractivity contribution in [2.75, 3.05) is 7.11 Å². The Labute approximate surface area is 149 Å². The molecule has 134 valence electrons. The summed E-state index contributed by atoms with van der Waals surface area (Å²) in [7, 11) is 1.65. The van der Waals surface area contributed by atoms with Gasteiger partial charge < -0.3 is 14.8 Å². The molecule has 0 spiro atoms. The minimum absolute atomic E-state index is 0.238. The van der Waals surface area contributed by atoms with Crippen molar-refractivity contribution in [3.63, 3.8) is 0 Å². The molecule has 25 heavy (non-hydrogen) atoms. The number of methoxy groups -OCH3 is 1. The number of benzene rings is 2. The van der Waals surface area contributed by atoms with Gasteiger partial charge in [0.25, 0.3) is 0 Å². The van der Waals surface area contributed by atoms with Crippen LogP contribution in [0.5, 0.6) is 11.5 Å². The molecule has 3 rings (SSSR count). The average molecular weight is 343 g/mol. The third kappa shape index (κ3) is 4.95. The maximum atomic E-state index is 13.0. The van der Waals surface area contributed by atoms with Crippen molar-refractivity contribution in [3.8, 4) is 11.5 Å². The van der Waals surface area contributed by atoms with Crippen molar-refractivity contribution in [1.29, 1.82) is 0 Å². The quantitative estimate of drug-likeness (QED) is 0.781. The summed E-state index contributed by atoms with van der Waals surface area (Å²) < 4.78 is 24.6. The first-order valence-electron chi connectivity index (χ1n) is 9.03. The summed E-state index contributed by atoms with van der Waals surface area (Å²) in [5, 5.41) is 3.65. The maximum Gasteiger partial charge on any atom is 0.166 e. The molecule has 1 saturated carbocycles. The second-order valence-electron chi connectivity index (χ2n) is 6.58. The van der Waals surface area contributed by atoms with Crippen LogP contribution in [0.2, 0.25) is 0 Å². The lowest BCUT2D eigenvalue weighted by atomic mass is 9.95. The number of hydrogen-bond donors (Lipinski definition) is 1. The summed E-state index contributed by atoms with van der Waals surface area (Å²) in [6.07, 6.45) is 6.46. The van der Waals surface area contributed by atoms with Gasteiger partial charge in [0.15, 0.2) is 11.5 Å². The van der Waals surface area contributed by atoms with Crippen molar-refractivity contribution >= 4 is 0 Å². The minimum Gasteiger partial charge on any atom is -0.493 e. The van der Waals surface area contributed by atoms with Gasteiger partial charge in [-0.05, 0) is 36.6 Å². The molecule has 2 aromatic carbocycles. The van der Waals surface area contributed by atoms with Gasteiger partial charge in [0.1, 0.15) is 12.4 Å². The molecule has 0 heterocycles. The first kappa shape index (κ1) is 17.7. The standard InChI is InChI=1S/C21H26FNO2/c1-24-20-9-5-6-17(14-23-19-7-3-2-4-8-19)21(20)25-15-16-10-12-18(22)13-11-16/h5-6,9-13,19,23H,2-4,7-8,14-15H2,1H3. The number of hydrogen-bond acceptors (Lipinski definition) is 3. The van der Waals surface area contributed by atoms with Crippen LogP contribution >= 0.6 is 0 Å². The minimum atomic E-state index is -0.238. The Bertz CT molecular complexity index is 666. The van der Waals surface area contributed by atoms with Crippen LogP contribution in [0.3, 0.4) is 0 Å². The molecule has 4 heteroatoms. The normalized spacial score (nSPS) is 15.1. The molecule has 0 atom stereocenters. The van der Waals surface area contributed by atoms with Crippen LogP contribution in [0.15, 0.2) is 42.5 Å². The van der Waals surface area contributed by atoms with E-state index in [0.717, 1.165) is 29.2 Å².